The molecule has 0 saturated carbocycles. The molecule has 0 atom stereocenters. The Labute approximate surface area is 108 Å². The molecule has 0 radical (unpaired) electrons. The van der Waals surface area contributed by atoms with Gasteiger partial charge in [-0.1, -0.05) is 6.07 Å². The zero-order valence-corrected chi connectivity index (χ0v) is 11.1. The first-order valence-electron chi connectivity index (χ1n) is 5.39. The van der Waals surface area contributed by atoms with Crippen molar-refractivity contribution in [2.24, 2.45) is 0 Å². The van der Waals surface area contributed by atoms with E-state index in [0.717, 1.165) is 17.1 Å². The molecule has 2 rings (SSSR count). The van der Waals surface area contributed by atoms with E-state index in [0.29, 0.717) is 6.42 Å². The van der Waals surface area contributed by atoms with Crippen LogP contribution in [0.1, 0.15) is 23.4 Å². The van der Waals surface area contributed by atoms with Gasteiger partial charge >= 0.3 is 5.97 Å². The molecule has 2 aromatic rings. The van der Waals surface area contributed by atoms with Crippen LogP contribution in [0.15, 0.2) is 17.5 Å². The minimum Gasteiger partial charge on any atom is -0.481 e. The number of rotatable bonds is 5. The van der Waals surface area contributed by atoms with Crippen LogP contribution in [-0.2, 0) is 11.2 Å². The molecule has 2 aromatic heterocycles. The Hall–Kier alpha value is -1.20. The molecule has 0 unspecified atom stereocenters. The average Bonchev–Trinajstić information content (AvgIpc) is 2.87. The second-order valence-corrected chi connectivity index (χ2v) is 5.78. The number of carbonyl (C=O) groups is 1. The molecule has 0 aliphatic carbocycles. The average molecular weight is 267 g/mol. The zero-order valence-electron chi connectivity index (χ0n) is 9.47. The van der Waals surface area contributed by atoms with Crippen LogP contribution in [-0.4, -0.2) is 16.1 Å². The third-order valence-electron chi connectivity index (χ3n) is 2.42. The molecule has 90 valence electrons. The predicted octanol–water partition coefficient (Wildman–Crippen LogP) is 3.59. The second kappa shape index (κ2) is 5.42. The number of carboxylic acids is 1. The molecule has 5 heteroatoms. The molecule has 0 saturated heterocycles. The molecule has 0 aliphatic heterocycles. The Bertz CT molecular complexity index is 503. The first kappa shape index (κ1) is 12.3. The quantitative estimate of drug-likeness (QED) is 0.900. The fourth-order valence-corrected chi connectivity index (χ4v) is 3.47. The number of aliphatic carboxylic acids is 1. The summed E-state index contributed by atoms with van der Waals surface area (Å²) in [6.45, 7) is 1.99. The summed E-state index contributed by atoms with van der Waals surface area (Å²) in [6.07, 6.45) is 1.72. The maximum Gasteiger partial charge on any atom is 0.303 e. The van der Waals surface area contributed by atoms with Gasteiger partial charge in [0.15, 0.2) is 0 Å². The monoisotopic (exact) mass is 267 g/mol. The van der Waals surface area contributed by atoms with E-state index in [2.05, 4.69) is 11.1 Å². The third kappa shape index (κ3) is 3.14. The Morgan fingerprint density at radius 1 is 1.53 bits per heavy atom. The van der Waals surface area contributed by atoms with Gasteiger partial charge in [-0.25, -0.2) is 4.98 Å². The van der Waals surface area contributed by atoms with E-state index >= 15 is 0 Å². The number of aromatic nitrogens is 1. The van der Waals surface area contributed by atoms with Crippen LogP contribution in [0.2, 0.25) is 0 Å². The van der Waals surface area contributed by atoms with E-state index in [1.54, 1.807) is 22.7 Å². The molecule has 0 fully saturated rings. The van der Waals surface area contributed by atoms with Crippen molar-refractivity contribution in [2.45, 2.75) is 26.2 Å². The molecule has 0 amide bonds. The Kier molecular flexibility index (Phi) is 3.91. The smallest absolute Gasteiger partial charge is 0.303 e. The van der Waals surface area contributed by atoms with Crippen molar-refractivity contribution >= 4 is 28.6 Å². The Morgan fingerprint density at radius 2 is 2.35 bits per heavy atom. The SMILES string of the molecule is Cc1nc(-c2cccs2)sc1CCCC(=O)O. The Balaban J connectivity index is 2.06. The van der Waals surface area contributed by atoms with E-state index in [1.165, 1.54) is 9.75 Å². The van der Waals surface area contributed by atoms with Crippen LogP contribution in [0.5, 0.6) is 0 Å². The maximum absolute atomic E-state index is 10.5. The van der Waals surface area contributed by atoms with Crippen LogP contribution in [0, 0.1) is 6.92 Å². The summed E-state index contributed by atoms with van der Waals surface area (Å²) in [5.41, 5.74) is 1.03. The lowest BCUT2D eigenvalue weighted by atomic mass is 10.2. The van der Waals surface area contributed by atoms with Crippen molar-refractivity contribution in [3.63, 3.8) is 0 Å². The van der Waals surface area contributed by atoms with Crippen LogP contribution >= 0.6 is 22.7 Å². The highest BCUT2D eigenvalue weighted by Gasteiger charge is 2.10. The maximum atomic E-state index is 10.5. The summed E-state index contributed by atoms with van der Waals surface area (Å²) in [5, 5.41) is 11.7. The summed E-state index contributed by atoms with van der Waals surface area (Å²) >= 11 is 3.36. The topological polar surface area (TPSA) is 50.2 Å². The first-order valence-corrected chi connectivity index (χ1v) is 7.08. The van der Waals surface area contributed by atoms with Crippen LogP contribution < -0.4 is 0 Å². The van der Waals surface area contributed by atoms with Crippen molar-refractivity contribution < 1.29 is 9.90 Å². The minimum atomic E-state index is -0.731. The van der Waals surface area contributed by atoms with E-state index < -0.39 is 5.97 Å². The Morgan fingerprint density at radius 3 is 3.00 bits per heavy atom. The number of aryl methyl sites for hydroxylation is 2. The van der Waals surface area contributed by atoms with Gasteiger partial charge in [0.05, 0.1) is 10.6 Å². The number of nitrogens with zero attached hydrogens (tertiary/aromatic N) is 1. The number of thiophene rings is 1. The first-order chi connectivity index (χ1) is 8.16. The van der Waals surface area contributed by atoms with Gasteiger partial charge in [0.1, 0.15) is 5.01 Å². The van der Waals surface area contributed by atoms with Gasteiger partial charge in [0.2, 0.25) is 0 Å². The predicted molar refractivity (Wildman–Crippen MR) is 70.7 cm³/mol. The summed E-state index contributed by atoms with van der Waals surface area (Å²) < 4.78 is 0. The lowest BCUT2D eigenvalue weighted by molar-refractivity contribution is -0.137. The van der Waals surface area contributed by atoms with Crippen molar-refractivity contribution in [1.82, 2.24) is 4.98 Å². The lowest BCUT2D eigenvalue weighted by Crippen LogP contribution is -1.95. The van der Waals surface area contributed by atoms with Crippen LogP contribution in [0.4, 0.5) is 0 Å². The van der Waals surface area contributed by atoms with E-state index in [-0.39, 0.29) is 6.42 Å². The van der Waals surface area contributed by atoms with Crippen molar-refractivity contribution in [2.75, 3.05) is 0 Å². The van der Waals surface area contributed by atoms with Crippen molar-refractivity contribution in [3.05, 3.63) is 28.1 Å². The molecule has 0 aliphatic rings. The molecular weight excluding hydrogens is 254 g/mol. The number of thiazole rings is 1. The fourth-order valence-electron chi connectivity index (χ4n) is 1.57. The largest absolute Gasteiger partial charge is 0.481 e. The molecule has 17 heavy (non-hydrogen) atoms. The second-order valence-electron chi connectivity index (χ2n) is 3.75. The van der Waals surface area contributed by atoms with Crippen molar-refractivity contribution in [1.29, 1.82) is 0 Å². The van der Waals surface area contributed by atoms with E-state index in [1.807, 2.05) is 18.4 Å². The summed E-state index contributed by atoms with van der Waals surface area (Å²) in [4.78, 5) is 17.4. The third-order valence-corrected chi connectivity index (χ3v) is 4.68. The van der Waals surface area contributed by atoms with Gasteiger partial charge < -0.3 is 5.11 Å². The minimum absolute atomic E-state index is 0.228. The molecule has 0 aromatic carbocycles. The van der Waals surface area contributed by atoms with Gasteiger partial charge in [-0.05, 0) is 31.2 Å². The number of hydrogen-bond acceptors (Lipinski definition) is 4. The number of hydrogen-bond donors (Lipinski definition) is 1. The summed E-state index contributed by atoms with van der Waals surface area (Å²) in [6, 6.07) is 4.07. The summed E-state index contributed by atoms with van der Waals surface area (Å²) in [5.74, 6) is -0.731. The molecule has 0 bridgehead atoms. The zero-order chi connectivity index (χ0) is 12.3. The molecule has 1 N–H and O–H groups in total. The van der Waals surface area contributed by atoms with Gasteiger partial charge in [-0.15, -0.1) is 22.7 Å². The number of carboxylic acid groups (broad SMARTS) is 1. The highest BCUT2D eigenvalue weighted by atomic mass is 32.1. The molecule has 3 nitrogen and oxygen atoms in total. The van der Waals surface area contributed by atoms with E-state index in [4.69, 9.17) is 5.11 Å². The van der Waals surface area contributed by atoms with Crippen LogP contribution in [0.25, 0.3) is 9.88 Å². The molecular formula is C12H13NO2S2. The lowest BCUT2D eigenvalue weighted by Gasteiger charge is -1.95. The fraction of sp³-hybridized carbons (Fsp3) is 0.333. The van der Waals surface area contributed by atoms with E-state index in [9.17, 15) is 4.79 Å². The highest BCUT2D eigenvalue weighted by molar-refractivity contribution is 7.21. The highest BCUT2D eigenvalue weighted by Crippen LogP contribution is 2.31. The van der Waals surface area contributed by atoms with Crippen molar-refractivity contribution in [3.8, 4) is 9.88 Å². The van der Waals surface area contributed by atoms with Gasteiger partial charge in [0.25, 0.3) is 0 Å². The van der Waals surface area contributed by atoms with Crippen LogP contribution in [0.3, 0.4) is 0 Å². The standard InChI is InChI=1S/C12H13NO2S2/c1-8-9(4-2-6-11(14)15)17-12(13-8)10-5-3-7-16-10/h3,5,7H,2,4,6H2,1H3,(H,14,15). The summed E-state index contributed by atoms with van der Waals surface area (Å²) in [7, 11) is 0. The molecule has 0 spiro atoms. The van der Waals surface area contributed by atoms with Gasteiger partial charge in [-0.3, -0.25) is 4.79 Å². The van der Waals surface area contributed by atoms with Gasteiger partial charge in [0, 0.05) is 11.3 Å². The molecule has 2 heterocycles. The normalized spacial score (nSPS) is 10.6. The van der Waals surface area contributed by atoms with Gasteiger partial charge in [-0.2, -0.15) is 0 Å².